The van der Waals surface area contributed by atoms with Crippen molar-refractivity contribution >= 4 is 17.5 Å². The molecule has 0 spiro atoms. The van der Waals surface area contributed by atoms with Crippen LogP contribution in [0.15, 0.2) is 12.1 Å². The van der Waals surface area contributed by atoms with E-state index in [1.807, 2.05) is 0 Å². The molecule has 0 radical (unpaired) electrons. The predicted molar refractivity (Wildman–Crippen MR) is 61.9 cm³/mol. The Morgan fingerprint density at radius 3 is 2.88 bits per heavy atom. The van der Waals surface area contributed by atoms with Crippen molar-refractivity contribution in [3.05, 3.63) is 23.0 Å². The Bertz CT molecular complexity index is 345. The molecule has 0 atom stereocenters. The first-order valence-electron chi connectivity index (χ1n) is 5.20. The van der Waals surface area contributed by atoms with Crippen molar-refractivity contribution in [1.82, 2.24) is 15.5 Å². The molecule has 1 rings (SSSR count). The number of aliphatic hydroxyl groups is 1. The molecule has 1 aromatic heterocycles. The van der Waals surface area contributed by atoms with Crippen LogP contribution in [0.25, 0.3) is 0 Å². The first-order valence-corrected chi connectivity index (χ1v) is 5.58. The molecule has 0 aliphatic heterocycles. The maximum absolute atomic E-state index is 11.5. The molecule has 0 bridgehead atoms. The number of nitrogens with one attached hydrogen (secondary N) is 1. The number of rotatable bonds is 7. The molecule has 0 aliphatic carbocycles. The SMILES string of the molecule is O=C(NCCCOCCO)c1ccc(Cl)nn1. The molecular weight excluding hydrogens is 246 g/mol. The minimum absolute atomic E-state index is 0.00667. The maximum atomic E-state index is 11.5. The highest BCUT2D eigenvalue weighted by Crippen LogP contribution is 2.01. The molecule has 2 N–H and O–H groups in total. The number of amides is 1. The summed E-state index contributed by atoms with van der Waals surface area (Å²) in [6.07, 6.45) is 0.673. The van der Waals surface area contributed by atoms with Gasteiger partial charge in [-0.2, -0.15) is 0 Å². The van der Waals surface area contributed by atoms with E-state index in [9.17, 15) is 4.79 Å². The van der Waals surface area contributed by atoms with Gasteiger partial charge < -0.3 is 15.2 Å². The van der Waals surface area contributed by atoms with Gasteiger partial charge in [-0.1, -0.05) is 11.6 Å². The Morgan fingerprint density at radius 2 is 2.24 bits per heavy atom. The van der Waals surface area contributed by atoms with E-state index in [-0.39, 0.29) is 23.4 Å². The molecule has 0 aliphatic rings. The van der Waals surface area contributed by atoms with Crippen molar-refractivity contribution in [3.63, 3.8) is 0 Å². The van der Waals surface area contributed by atoms with Crippen molar-refractivity contribution in [2.24, 2.45) is 0 Å². The van der Waals surface area contributed by atoms with E-state index >= 15 is 0 Å². The zero-order chi connectivity index (χ0) is 12.5. The lowest BCUT2D eigenvalue weighted by atomic mass is 10.3. The second kappa shape index (κ2) is 7.94. The molecule has 0 fully saturated rings. The average Bonchev–Trinajstić information content (AvgIpc) is 2.34. The summed E-state index contributed by atoms with van der Waals surface area (Å²) in [6.45, 7) is 1.30. The highest BCUT2D eigenvalue weighted by molar-refractivity contribution is 6.29. The van der Waals surface area contributed by atoms with Gasteiger partial charge in [-0.3, -0.25) is 4.79 Å². The minimum Gasteiger partial charge on any atom is -0.394 e. The highest BCUT2D eigenvalue weighted by Gasteiger charge is 2.06. The van der Waals surface area contributed by atoms with E-state index in [1.165, 1.54) is 12.1 Å². The van der Waals surface area contributed by atoms with E-state index in [0.29, 0.717) is 26.2 Å². The van der Waals surface area contributed by atoms with Gasteiger partial charge in [0.25, 0.3) is 5.91 Å². The standard InChI is InChI=1S/C10H14ClN3O3/c11-9-3-2-8(13-14-9)10(16)12-4-1-6-17-7-5-15/h2-3,15H,1,4-7H2,(H,12,16). The van der Waals surface area contributed by atoms with Gasteiger partial charge in [0, 0.05) is 13.2 Å². The summed E-state index contributed by atoms with van der Waals surface area (Å²) in [5, 5.41) is 18.6. The van der Waals surface area contributed by atoms with Crippen LogP contribution in [0.5, 0.6) is 0 Å². The lowest BCUT2D eigenvalue weighted by Gasteiger charge is -2.04. The molecule has 94 valence electrons. The fraction of sp³-hybridized carbons (Fsp3) is 0.500. The third kappa shape index (κ3) is 5.58. The molecule has 0 saturated heterocycles. The maximum Gasteiger partial charge on any atom is 0.271 e. The van der Waals surface area contributed by atoms with Gasteiger partial charge in [-0.05, 0) is 18.6 Å². The third-order valence-electron chi connectivity index (χ3n) is 1.85. The molecule has 0 saturated carbocycles. The summed E-state index contributed by atoms with van der Waals surface area (Å²) in [4.78, 5) is 11.5. The van der Waals surface area contributed by atoms with Crippen LogP contribution in [0.3, 0.4) is 0 Å². The van der Waals surface area contributed by atoms with Crippen molar-refractivity contribution in [2.45, 2.75) is 6.42 Å². The van der Waals surface area contributed by atoms with Crippen LogP contribution in [-0.4, -0.2) is 47.6 Å². The summed E-state index contributed by atoms with van der Waals surface area (Å²) >= 11 is 5.55. The van der Waals surface area contributed by atoms with Gasteiger partial charge in [0.15, 0.2) is 10.8 Å². The Labute approximate surface area is 104 Å². The van der Waals surface area contributed by atoms with Gasteiger partial charge in [-0.25, -0.2) is 0 Å². The molecule has 17 heavy (non-hydrogen) atoms. The van der Waals surface area contributed by atoms with Crippen LogP contribution >= 0.6 is 11.6 Å². The Hall–Kier alpha value is -1.24. The zero-order valence-electron chi connectivity index (χ0n) is 9.23. The first kappa shape index (κ1) is 13.8. The quantitative estimate of drug-likeness (QED) is 0.686. The van der Waals surface area contributed by atoms with Crippen LogP contribution in [0, 0.1) is 0 Å². The fourth-order valence-electron chi connectivity index (χ4n) is 1.07. The number of aromatic nitrogens is 2. The van der Waals surface area contributed by atoms with E-state index in [1.54, 1.807) is 0 Å². The fourth-order valence-corrected chi connectivity index (χ4v) is 1.17. The van der Waals surface area contributed by atoms with E-state index in [0.717, 1.165) is 0 Å². The number of ether oxygens (including phenoxy) is 1. The number of nitrogens with zero attached hydrogens (tertiary/aromatic N) is 2. The first-order chi connectivity index (χ1) is 8.24. The van der Waals surface area contributed by atoms with E-state index < -0.39 is 0 Å². The molecule has 1 aromatic rings. The van der Waals surface area contributed by atoms with Crippen molar-refractivity contribution < 1.29 is 14.6 Å². The van der Waals surface area contributed by atoms with Gasteiger partial charge in [0.05, 0.1) is 13.2 Å². The Morgan fingerprint density at radius 1 is 1.41 bits per heavy atom. The lowest BCUT2D eigenvalue weighted by Crippen LogP contribution is -2.26. The number of halogens is 1. The number of carbonyl (C=O) groups excluding carboxylic acids is 1. The molecule has 0 unspecified atom stereocenters. The molecule has 7 heteroatoms. The molecule has 6 nitrogen and oxygen atoms in total. The normalized spacial score (nSPS) is 10.2. The van der Waals surface area contributed by atoms with Gasteiger partial charge in [0.1, 0.15) is 0 Å². The summed E-state index contributed by atoms with van der Waals surface area (Å²) in [7, 11) is 0. The van der Waals surface area contributed by atoms with Crippen molar-refractivity contribution in [2.75, 3.05) is 26.4 Å². The summed E-state index contributed by atoms with van der Waals surface area (Å²) in [6, 6.07) is 3.01. The zero-order valence-corrected chi connectivity index (χ0v) is 9.98. The van der Waals surface area contributed by atoms with E-state index in [2.05, 4.69) is 15.5 Å². The largest absolute Gasteiger partial charge is 0.394 e. The molecule has 1 heterocycles. The van der Waals surface area contributed by atoms with Gasteiger partial charge >= 0.3 is 0 Å². The number of carbonyl (C=O) groups is 1. The lowest BCUT2D eigenvalue weighted by molar-refractivity contribution is 0.0865. The minimum atomic E-state index is -0.295. The topological polar surface area (TPSA) is 84.3 Å². The van der Waals surface area contributed by atoms with Crippen LogP contribution in [-0.2, 0) is 4.74 Å². The van der Waals surface area contributed by atoms with Gasteiger partial charge in [-0.15, -0.1) is 10.2 Å². The molecular formula is C10H14ClN3O3. The number of hydrogen-bond acceptors (Lipinski definition) is 5. The summed E-state index contributed by atoms with van der Waals surface area (Å²) in [5.41, 5.74) is 0.227. The number of aliphatic hydroxyl groups excluding tert-OH is 1. The molecule has 1 amide bonds. The third-order valence-corrected chi connectivity index (χ3v) is 2.05. The summed E-state index contributed by atoms with van der Waals surface area (Å²) in [5.74, 6) is -0.295. The van der Waals surface area contributed by atoms with Crippen molar-refractivity contribution in [1.29, 1.82) is 0 Å². The smallest absolute Gasteiger partial charge is 0.271 e. The van der Waals surface area contributed by atoms with Crippen molar-refractivity contribution in [3.8, 4) is 0 Å². The van der Waals surface area contributed by atoms with Gasteiger partial charge in [0.2, 0.25) is 0 Å². The average molecular weight is 260 g/mol. The van der Waals surface area contributed by atoms with Crippen LogP contribution in [0.2, 0.25) is 5.15 Å². The Kier molecular flexibility index (Phi) is 6.46. The second-order valence-electron chi connectivity index (χ2n) is 3.19. The van der Waals surface area contributed by atoms with Crippen LogP contribution in [0.1, 0.15) is 16.9 Å². The van der Waals surface area contributed by atoms with Crippen LogP contribution in [0.4, 0.5) is 0 Å². The monoisotopic (exact) mass is 259 g/mol. The molecule has 0 aromatic carbocycles. The summed E-state index contributed by atoms with van der Waals surface area (Å²) < 4.78 is 5.04. The number of hydrogen-bond donors (Lipinski definition) is 2. The van der Waals surface area contributed by atoms with E-state index in [4.69, 9.17) is 21.4 Å². The second-order valence-corrected chi connectivity index (χ2v) is 3.57. The van der Waals surface area contributed by atoms with Crippen LogP contribution < -0.4 is 5.32 Å². The predicted octanol–water partition coefficient (Wildman–Crippen LogP) is 0.259. The Balaban J connectivity index is 2.19. The highest BCUT2D eigenvalue weighted by atomic mass is 35.5.